The molecule has 3 heterocycles. The number of aromatic nitrogens is 3. The molecule has 1 saturated carbocycles. The molecule has 38 heavy (non-hydrogen) atoms. The van der Waals surface area contributed by atoms with Crippen LogP contribution in [0.1, 0.15) is 38.5 Å². The zero-order valence-corrected chi connectivity index (χ0v) is 21.3. The Morgan fingerprint density at radius 3 is 2.50 bits per heavy atom. The number of nitrogens with one attached hydrogen (secondary N) is 1. The number of fused-ring (bicyclic) bond motifs is 1. The fourth-order valence-corrected chi connectivity index (χ4v) is 5.42. The molecule has 1 N–H and O–H groups in total. The molecule has 1 aliphatic carbocycles. The molecule has 2 aliphatic rings. The van der Waals surface area contributed by atoms with Crippen molar-refractivity contribution in [1.29, 1.82) is 0 Å². The number of benzene rings is 1. The molecule has 1 saturated heterocycles. The lowest BCUT2D eigenvalue weighted by atomic mass is 9.87. The van der Waals surface area contributed by atoms with Gasteiger partial charge >= 0.3 is 6.36 Å². The molecule has 5 rings (SSSR count). The average molecular weight is 531 g/mol. The number of carbonyl (C=O) groups excluding carboxylic acids is 1. The maximum Gasteiger partial charge on any atom is 0.573 e. The van der Waals surface area contributed by atoms with E-state index in [1.54, 1.807) is 23.0 Å². The van der Waals surface area contributed by atoms with Gasteiger partial charge in [-0.05, 0) is 43.1 Å². The fourth-order valence-electron chi connectivity index (χ4n) is 5.42. The Morgan fingerprint density at radius 2 is 1.79 bits per heavy atom. The Labute approximate surface area is 219 Å². The minimum atomic E-state index is -4.76. The van der Waals surface area contributed by atoms with Gasteiger partial charge in [0.25, 0.3) is 0 Å². The molecule has 0 atom stereocenters. The van der Waals surface area contributed by atoms with Crippen LogP contribution in [0.4, 0.5) is 19.0 Å². The van der Waals surface area contributed by atoms with Crippen LogP contribution in [0.2, 0.25) is 0 Å². The summed E-state index contributed by atoms with van der Waals surface area (Å²) in [6.45, 7) is 4.37. The number of anilines is 1. The molecule has 0 bridgehead atoms. The van der Waals surface area contributed by atoms with Crippen molar-refractivity contribution in [2.24, 2.45) is 5.92 Å². The first-order valence-corrected chi connectivity index (χ1v) is 13.3. The van der Waals surface area contributed by atoms with Crippen LogP contribution in [-0.4, -0.2) is 75.7 Å². The molecule has 0 spiro atoms. The van der Waals surface area contributed by atoms with E-state index in [4.69, 9.17) is 0 Å². The standard InChI is InChI=1S/C27H33F3N6O2/c28-27(29,30)38-22-8-6-21(7-9-22)25-26(36-13-11-31-18-23(36)33-25)32-19-24(37)35-16-14-34(15-17-35)12-10-20-4-2-1-3-5-20/h6-9,11,13,18,20,32H,1-5,10,12,14-17,19H2. The van der Waals surface area contributed by atoms with E-state index in [9.17, 15) is 18.0 Å². The molecule has 204 valence electrons. The minimum absolute atomic E-state index is 0.000752. The van der Waals surface area contributed by atoms with Crippen LogP contribution >= 0.6 is 0 Å². The summed E-state index contributed by atoms with van der Waals surface area (Å²) in [5.74, 6) is 1.12. The third-order valence-corrected chi connectivity index (χ3v) is 7.50. The van der Waals surface area contributed by atoms with Gasteiger partial charge in [0, 0.05) is 44.1 Å². The van der Waals surface area contributed by atoms with Gasteiger partial charge < -0.3 is 15.0 Å². The fraction of sp³-hybridized carbons (Fsp3) is 0.519. The van der Waals surface area contributed by atoms with E-state index in [1.165, 1.54) is 62.8 Å². The van der Waals surface area contributed by atoms with E-state index < -0.39 is 6.36 Å². The summed E-state index contributed by atoms with van der Waals surface area (Å²) in [4.78, 5) is 26.1. The van der Waals surface area contributed by atoms with Crippen molar-refractivity contribution in [3.05, 3.63) is 42.9 Å². The van der Waals surface area contributed by atoms with E-state index in [1.807, 2.05) is 4.90 Å². The minimum Gasteiger partial charge on any atom is -0.406 e. The molecule has 2 aromatic heterocycles. The number of piperazine rings is 1. The van der Waals surface area contributed by atoms with Gasteiger partial charge in [0.1, 0.15) is 17.3 Å². The molecule has 11 heteroatoms. The van der Waals surface area contributed by atoms with Crippen molar-refractivity contribution < 1.29 is 22.7 Å². The van der Waals surface area contributed by atoms with Crippen LogP contribution < -0.4 is 10.1 Å². The predicted molar refractivity (Wildman–Crippen MR) is 138 cm³/mol. The van der Waals surface area contributed by atoms with Crippen molar-refractivity contribution >= 4 is 17.4 Å². The number of hydrogen-bond donors (Lipinski definition) is 1. The van der Waals surface area contributed by atoms with Gasteiger partial charge in [-0.3, -0.25) is 19.1 Å². The zero-order chi connectivity index (χ0) is 26.5. The number of ether oxygens (including phenoxy) is 1. The summed E-state index contributed by atoms with van der Waals surface area (Å²) < 4.78 is 43.4. The second-order valence-electron chi connectivity index (χ2n) is 10.1. The second kappa shape index (κ2) is 11.6. The van der Waals surface area contributed by atoms with E-state index in [-0.39, 0.29) is 18.2 Å². The van der Waals surface area contributed by atoms with Crippen LogP contribution in [0.25, 0.3) is 16.9 Å². The highest BCUT2D eigenvalue weighted by Gasteiger charge is 2.31. The first-order valence-electron chi connectivity index (χ1n) is 13.3. The number of alkyl halides is 3. The summed E-state index contributed by atoms with van der Waals surface area (Å²) in [5, 5.41) is 3.22. The Morgan fingerprint density at radius 1 is 1.05 bits per heavy atom. The molecule has 1 amide bonds. The van der Waals surface area contributed by atoms with Crippen molar-refractivity contribution in [1.82, 2.24) is 24.2 Å². The van der Waals surface area contributed by atoms with Crippen LogP contribution in [0, 0.1) is 5.92 Å². The smallest absolute Gasteiger partial charge is 0.406 e. The SMILES string of the molecule is O=C(CNc1c(-c2ccc(OC(F)(F)F)cc2)nc2cnccn12)N1CCN(CCC2CCCCC2)CC1. The Kier molecular flexibility index (Phi) is 8.01. The number of nitrogens with zero attached hydrogens (tertiary/aromatic N) is 5. The topological polar surface area (TPSA) is 75.0 Å². The largest absolute Gasteiger partial charge is 0.573 e. The number of imidazole rings is 1. The van der Waals surface area contributed by atoms with Gasteiger partial charge in [0.15, 0.2) is 5.65 Å². The summed E-state index contributed by atoms with van der Waals surface area (Å²) in [6, 6.07) is 5.51. The lowest BCUT2D eigenvalue weighted by Crippen LogP contribution is -2.50. The summed E-state index contributed by atoms with van der Waals surface area (Å²) in [6.07, 6.45) is 8.24. The maximum atomic E-state index is 13.0. The third kappa shape index (κ3) is 6.56. The van der Waals surface area contributed by atoms with Gasteiger partial charge in [-0.1, -0.05) is 32.1 Å². The van der Waals surface area contributed by atoms with E-state index >= 15 is 0 Å². The van der Waals surface area contributed by atoms with Gasteiger partial charge in [0.2, 0.25) is 5.91 Å². The zero-order valence-electron chi connectivity index (χ0n) is 21.3. The van der Waals surface area contributed by atoms with Crippen LogP contribution in [-0.2, 0) is 4.79 Å². The normalized spacial score (nSPS) is 17.6. The van der Waals surface area contributed by atoms with Gasteiger partial charge in [-0.25, -0.2) is 4.98 Å². The number of hydrogen-bond acceptors (Lipinski definition) is 6. The van der Waals surface area contributed by atoms with Crippen LogP contribution in [0.5, 0.6) is 5.75 Å². The van der Waals surface area contributed by atoms with Crippen LogP contribution in [0.3, 0.4) is 0 Å². The first-order chi connectivity index (χ1) is 18.4. The molecule has 8 nitrogen and oxygen atoms in total. The molecule has 3 aromatic rings. The van der Waals surface area contributed by atoms with Crippen molar-refractivity contribution in [3.63, 3.8) is 0 Å². The molecular weight excluding hydrogens is 497 g/mol. The van der Waals surface area contributed by atoms with Gasteiger partial charge in [0.05, 0.1) is 12.7 Å². The van der Waals surface area contributed by atoms with E-state index in [2.05, 4.69) is 24.9 Å². The average Bonchev–Trinajstić information content (AvgIpc) is 3.29. The number of halogens is 3. The summed E-state index contributed by atoms with van der Waals surface area (Å²) >= 11 is 0. The Bertz CT molecular complexity index is 1220. The quantitative estimate of drug-likeness (QED) is 0.450. The van der Waals surface area contributed by atoms with E-state index in [0.717, 1.165) is 25.6 Å². The lowest BCUT2D eigenvalue weighted by Gasteiger charge is -2.35. The number of amides is 1. The summed E-state index contributed by atoms with van der Waals surface area (Å²) in [7, 11) is 0. The monoisotopic (exact) mass is 530 g/mol. The van der Waals surface area contributed by atoms with Crippen molar-refractivity contribution in [3.8, 4) is 17.0 Å². The number of rotatable bonds is 8. The van der Waals surface area contributed by atoms with Crippen LogP contribution in [0.15, 0.2) is 42.9 Å². The van der Waals surface area contributed by atoms with Gasteiger partial charge in [-0.2, -0.15) is 0 Å². The second-order valence-corrected chi connectivity index (χ2v) is 10.1. The molecule has 0 radical (unpaired) electrons. The lowest BCUT2D eigenvalue weighted by molar-refractivity contribution is -0.274. The highest BCUT2D eigenvalue weighted by molar-refractivity contribution is 5.84. The van der Waals surface area contributed by atoms with Crippen molar-refractivity contribution in [2.45, 2.75) is 44.9 Å². The predicted octanol–water partition coefficient (Wildman–Crippen LogP) is 4.82. The maximum absolute atomic E-state index is 13.0. The van der Waals surface area contributed by atoms with E-state index in [0.29, 0.717) is 35.8 Å². The Balaban J connectivity index is 1.20. The molecule has 0 unspecified atom stereocenters. The number of carbonyl (C=O) groups is 1. The Hall–Kier alpha value is -3.34. The third-order valence-electron chi connectivity index (χ3n) is 7.50. The molecule has 1 aliphatic heterocycles. The van der Waals surface area contributed by atoms with Gasteiger partial charge in [-0.15, -0.1) is 13.2 Å². The summed E-state index contributed by atoms with van der Waals surface area (Å²) in [5.41, 5.74) is 1.65. The highest BCUT2D eigenvalue weighted by atomic mass is 19.4. The first kappa shape index (κ1) is 26.3. The molecule has 1 aromatic carbocycles. The highest BCUT2D eigenvalue weighted by Crippen LogP contribution is 2.31. The molecule has 2 fully saturated rings. The van der Waals surface area contributed by atoms with Crippen molar-refractivity contribution in [2.75, 3.05) is 44.6 Å². The molecular formula is C27H33F3N6O2.